The third-order valence-electron chi connectivity index (χ3n) is 4.39. The Balaban J connectivity index is 1.78. The molecule has 0 aliphatic carbocycles. The highest BCUT2D eigenvalue weighted by molar-refractivity contribution is 5.95. The van der Waals surface area contributed by atoms with Gasteiger partial charge in [0.25, 0.3) is 0 Å². The molecule has 2 heterocycles. The minimum atomic E-state index is -0.276. The van der Waals surface area contributed by atoms with E-state index in [1.54, 1.807) is 12.1 Å². The molecular weight excluding hydrogens is 321 g/mol. The summed E-state index contributed by atoms with van der Waals surface area (Å²) in [5.74, 6) is 0.748. The Morgan fingerprint density at radius 3 is 2.60 bits per heavy atom. The number of nitrogens with two attached hydrogens (primary N) is 1. The first-order chi connectivity index (χ1) is 12.0. The molecule has 1 saturated heterocycles. The Morgan fingerprint density at radius 1 is 1.16 bits per heavy atom. The molecule has 0 saturated carbocycles. The fourth-order valence-electron chi connectivity index (χ4n) is 2.86. The van der Waals surface area contributed by atoms with Crippen molar-refractivity contribution in [2.75, 3.05) is 25.6 Å². The minimum absolute atomic E-state index is 0.0107. The van der Waals surface area contributed by atoms with Crippen LogP contribution in [-0.2, 0) is 4.74 Å². The van der Waals surface area contributed by atoms with E-state index in [1.807, 2.05) is 12.1 Å². The molecule has 5 nitrogen and oxygen atoms in total. The molecule has 25 heavy (non-hydrogen) atoms. The standard InChI is InChI=1S/C19H18FN3O2/c1-19(8-24-9-19)10-25-16-7-13(12-2-4-14(20)5-3-12)6-15-17(16)22-11-23-18(15)21/h2-7,11H,8-10H2,1H3,(H2,21,22,23). The first-order valence-electron chi connectivity index (χ1n) is 8.05. The van der Waals surface area contributed by atoms with Crippen molar-refractivity contribution in [2.24, 2.45) is 5.41 Å². The van der Waals surface area contributed by atoms with Gasteiger partial charge in [-0.05, 0) is 35.4 Å². The monoisotopic (exact) mass is 339 g/mol. The normalized spacial score (nSPS) is 15.8. The van der Waals surface area contributed by atoms with Crippen molar-refractivity contribution in [3.63, 3.8) is 0 Å². The van der Waals surface area contributed by atoms with Crippen LogP contribution in [0.15, 0.2) is 42.7 Å². The molecule has 128 valence electrons. The van der Waals surface area contributed by atoms with E-state index in [2.05, 4.69) is 16.9 Å². The number of nitrogen functional groups attached to an aromatic ring is 1. The molecule has 0 amide bonds. The first kappa shape index (κ1) is 15.8. The van der Waals surface area contributed by atoms with Crippen LogP contribution in [0.3, 0.4) is 0 Å². The number of benzene rings is 2. The van der Waals surface area contributed by atoms with E-state index < -0.39 is 0 Å². The van der Waals surface area contributed by atoms with Gasteiger partial charge in [0.15, 0.2) is 0 Å². The summed E-state index contributed by atoms with van der Waals surface area (Å²) in [6, 6.07) is 10.1. The Bertz CT molecular complexity index is 924. The van der Waals surface area contributed by atoms with Crippen LogP contribution >= 0.6 is 0 Å². The van der Waals surface area contributed by atoms with Gasteiger partial charge >= 0.3 is 0 Å². The van der Waals surface area contributed by atoms with Gasteiger partial charge in [-0.15, -0.1) is 0 Å². The minimum Gasteiger partial charge on any atom is -0.491 e. The van der Waals surface area contributed by atoms with Gasteiger partial charge in [0.1, 0.15) is 29.2 Å². The number of rotatable bonds is 4. The number of anilines is 1. The van der Waals surface area contributed by atoms with Gasteiger partial charge in [0.2, 0.25) is 0 Å². The molecule has 1 fully saturated rings. The van der Waals surface area contributed by atoms with Crippen molar-refractivity contribution >= 4 is 16.7 Å². The second-order valence-electron chi connectivity index (χ2n) is 6.73. The van der Waals surface area contributed by atoms with Crippen LogP contribution in [0.1, 0.15) is 6.92 Å². The lowest BCUT2D eigenvalue weighted by molar-refractivity contribution is -0.120. The van der Waals surface area contributed by atoms with Crippen LogP contribution in [0.4, 0.5) is 10.2 Å². The Labute approximate surface area is 144 Å². The summed E-state index contributed by atoms with van der Waals surface area (Å²) in [6.45, 7) is 4.00. The average Bonchev–Trinajstić information content (AvgIpc) is 2.59. The van der Waals surface area contributed by atoms with Gasteiger partial charge < -0.3 is 15.2 Å². The van der Waals surface area contributed by atoms with Crippen molar-refractivity contribution < 1.29 is 13.9 Å². The SMILES string of the molecule is CC1(COc2cc(-c3ccc(F)cc3)cc3c(N)ncnc23)COC1. The van der Waals surface area contributed by atoms with E-state index >= 15 is 0 Å². The lowest BCUT2D eigenvalue weighted by Gasteiger charge is -2.37. The molecule has 3 aromatic rings. The summed E-state index contributed by atoms with van der Waals surface area (Å²) >= 11 is 0. The maximum atomic E-state index is 13.2. The maximum absolute atomic E-state index is 13.2. The van der Waals surface area contributed by atoms with Crippen LogP contribution in [-0.4, -0.2) is 29.8 Å². The fraction of sp³-hybridized carbons (Fsp3) is 0.263. The van der Waals surface area contributed by atoms with Crippen molar-refractivity contribution in [2.45, 2.75) is 6.92 Å². The quantitative estimate of drug-likeness (QED) is 0.788. The number of hydrogen-bond donors (Lipinski definition) is 1. The number of nitrogens with zero attached hydrogens (tertiary/aromatic N) is 2. The largest absolute Gasteiger partial charge is 0.491 e. The van der Waals surface area contributed by atoms with E-state index in [4.69, 9.17) is 15.2 Å². The van der Waals surface area contributed by atoms with Gasteiger partial charge in [-0.25, -0.2) is 14.4 Å². The second kappa shape index (κ2) is 5.97. The van der Waals surface area contributed by atoms with Gasteiger partial charge in [0.05, 0.1) is 19.8 Å². The van der Waals surface area contributed by atoms with E-state index in [0.29, 0.717) is 42.3 Å². The zero-order chi connectivity index (χ0) is 17.4. The average molecular weight is 339 g/mol. The Morgan fingerprint density at radius 2 is 1.92 bits per heavy atom. The number of aromatic nitrogens is 2. The van der Waals surface area contributed by atoms with Gasteiger partial charge in [-0.1, -0.05) is 19.1 Å². The van der Waals surface area contributed by atoms with E-state index in [9.17, 15) is 4.39 Å². The zero-order valence-electron chi connectivity index (χ0n) is 13.8. The summed E-state index contributed by atoms with van der Waals surface area (Å²) < 4.78 is 24.6. The fourth-order valence-corrected chi connectivity index (χ4v) is 2.86. The summed E-state index contributed by atoms with van der Waals surface area (Å²) in [6.07, 6.45) is 1.43. The molecule has 6 heteroatoms. The highest BCUT2D eigenvalue weighted by Crippen LogP contribution is 2.35. The molecule has 2 aromatic carbocycles. The van der Waals surface area contributed by atoms with Crippen LogP contribution < -0.4 is 10.5 Å². The number of halogens is 1. The van der Waals surface area contributed by atoms with Crippen LogP contribution in [0, 0.1) is 11.2 Å². The van der Waals surface area contributed by atoms with E-state index in [1.165, 1.54) is 18.5 Å². The van der Waals surface area contributed by atoms with E-state index in [-0.39, 0.29) is 11.2 Å². The number of ether oxygens (including phenoxy) is 2. The highest BCUT2D eigenvalue weighted by atomic mass is 19.1. The third-order valence-corrected chi connectivity index (χ3v) is 4.39. The van der Waals surface area contributed by atoms with Crippen molar-refractivity contribution in [3.05, 3.63) is 48.5 Å². The Kier molecular flexibility index (Phi) is 3.77. The predicted molar refractivity (Wildman–Crippen MR) is 93.8 cm³/mol. The smallest absolute Gasteiger partial charge is 0.146 e. The summed E-state index contributed by atoms with van der Waals surface area (Å²) in [5.41, 5.74) is 8.45. The molecule has 0 bridgehead atoms. The van der Waals surface area contributed by atoms with E-state index in [0.717, 1.165) is 11.1 Å². The van der Waals surface area contributed by atoms with Crippen LogP contribution in [0.5, 0.6) is 5.75 Å². The van der Waals surface area contributed by atoms with Gasteiger partial charge in [-0.3, -0.25) is 0 Å². The number of fused-ring (bicyclic) bond motifs is 1. The lowest BCUT2D eigenvalue weighted by atomic mass is 9.90. The number of hydrogen-bond acceptors (Lipinski definition) is 5. The summed E-state index contributed by atoms with van der Waals surface area (Å²) in [5, 5.41) is 0.717. The molecule has 0 spiro atoms. The van der Waals surface area contributed by atoms with Crippen molar-refractivity contribution in [1.29, 1.82) is 0 Å². The highest BCUT2D eigenvalue weighted by Gasteiger charge is 2.34. The molecule has 4 rings (SSSR count). The van der Waals surface area contributed by atoms with Gasteiger partial charge in [-0.2, -0.15) is 0 Å². The topological polar surface area (TPSA) is 70.3 Å². The van der Waals surface area contributed by atoms with Crippen LogP contribution in [0.25, 0.3) is 22.0 Å². The molecule has 1 aromatic heterocycles. The maximum Gasteiger partial charge on any atom is 0.146 e. The molecule has 1 aliphatic rings. The molecule has 0 unspecified atom stereocenters. The van der Waals surface area contributed by atoms with Crippen LogP contribution in [0.2, 0.25) is 0 Å². The predicted octanol–water partition coefficient (Wildman–Crippen LogP) is 3.43. The molecule has 2 N–H and O–H groups in total. The molecule has 0 radical (unpaired) electrons. The summed E-state index contributed by atoms with van der Waals surface area (Å²) in [4.78, 5) is 8.39. The first-order valence-corrected chi connectivity index (χ1v) is 8.05. The molecule has 0 atom stereocenters. The van der Waals surface area contributed by atoms with Crippen molar-refractivity contribution in [1.82, 2.24) is 9.97 Å². The molecular formula is C19H18FN3O2. The third kappa shape index (κ3) is 3.00. The van der Waals surface area contributed by atoms with Crippen molar-refractivity contribution in [3.8, 4) is 16.9 Å². The zero-order valence-corrected chi connectivity index (χ0v) is 13.8. The second-order valence-corrected chi connectivity index (χ2v) is 6.73. The molecule has 1 aliphatic heterocycles. The summed E-state index contributed by atoms with van der Waals surface area (Å²) in [7, 11) is 0. The van der Waals surface area contributed by atoms with Gasteiger partial charge in [0, 0.05) is 10.8 Å². The Hall–Kier alpha value is -2.73. The lowest BCUT2D eigenvalue weighted by Crippen LogP contribution is -2.44.